The summed E-state index contributed by atoms with van der Waals surface area (Å²) in [6, 6.07) is 8.20. The number of aryl methyl sites for hydroxylation is 2. The van der Waals surface area contributed by atoms with Crippen molar-refractivity contribution in [2.45, 2.75) is 13.8 Å². The zero-order valence-corrected chi connectivity index (χ0v) is 13.0. The van der Waals surface area contributed by atoms with Crippen LogP contribution in [0.4, 0.5) is 0 Å². The maximum atomic E-state index is 5.41. The van der Waals surface area contributed by atoms with Crippen LogP contribution in [0.15, 0.2) is 34.9 Å². The molecular formula is C14H12BrN3S. The van der Waals surface area contributed by atoms with E-state index in [0.29, 0.717) is 4.77 Å². The van der Waals surface area contributed by atoms with E-state index in [-0.39, 0.29) is 0 Å². The molecule has 0 atom stereocenters. The van der Waals surface area contributed by atoms with E-state index in [1.165, 1.54) is 5.56 Å². The van der Waals surface area contributed by atoms with Gasteiger partial charge in [-0.15, -0.1) is 0 Å². The van der Waals surface area contributed by atoms with Crippen LogP contribution in [0.2, 0.25) is 0 Å². The van der Waals surface area contributed by atoms with Gasteiger partial charge >= 0.3 is 0 Å². The number of halogens is 1. The Morgan fingerprint density at radius 3 is 2.79 bits per heavy atom. The fourth-order valence-electron chi connectivity index (χ4n) is 2.11. The van der Waals surface area contributed by atoms with Gasteiger partial charge in [0.2, 0.25) is 0 Å². The number of benzene rings is 1. The molecule has 96 valence electrons. The van der Waals surface area contributed by atoms with Crippen molar-refractivity contribution in [1.82, 2.24) is 14.5 Å². The summed E-state index contributed by atoms with van der Waals surface area (Å²) in [5, 5.41) is 0. The predicted molar refractivity (Wildman–Crippen MR) is 83.4 cm³/mol. The molecule has 3 nitrogen and oxygen atoms in total. The van der Waals surface area contributed by atoms with Crippen LogP contribution in [0.25, 0.3) is 16.9 Å². The Morgan fingerprint density at radius 1 is 1.26 bits per heavy atom. The summed E-state index contributed by atoms with van der Waals surface area (Å²) in [7, 11) is 0. The zero-order valence-electron chi connectivity index (χ0n) is 10.6. The quantitative estimate of drug-likeness (QED) is 0.667. The van der Waals surface area contributed by atoms with Gasteiger partial charge in [0, 0.05) is 10.7 Å². The lowest BCUT2D eigenvalue weighted by molar-refractivity contribution is 1.04. The largest absolute Gasteiger partial charge is 0.329 e. The van der Waals surface area contributed by atoms with Crippen LogP contribution < -0.4 is 0 Å². The average Bonchev–Trinajstić information content (AvgIpc) is 2.68. The van der Waals surface area contributed by atoms with E-state index < -0.39 is 0 Å². The molecule has 1 N–H and O–H groups in total. The second kappa shape index (κ2) is 4.58. The van der Waals surface area contributed by atoms with Gasteiger partial charge in [0.15, 0.2) is 10.4 Å². The van der Waals surface area contributed by atoms with Crippen LogP contribution >= 0.6 is 28.1 Å². The molecule has 0 saturated carbocycles. The van der Waals surface area contributed by atoms with Crippen molar-refractivity contribution < 1.29 is 0 Å². The van der Waals surface area contributed by atoms with Crippen molar-refractivity contribution in [2.75, 3.05) is 0 Å². The first-order valence-corrected chi connectivity index (χ1v) is 7.10. The summed E-state index contributed by atoms with van der Waals surface area (Å²) >= 11 is 8.92. The Hall–Kier alpha value is -1.46. The predicted octanol–water partition coefficient (Wildman–Crippen LogP) is 4.46. The van der Waals surface area contributed by atoms with E-state index in [2.05, 4.69) is 45.0 Å². The first-order chi connectivity index (χ1) is 9.06. The molecule has 0 radical (unpaired) electrons. The highest BCUT2D eigenvalue weighted by molar-refractivity contribution is 9.10. The van der Waals surface area contributed by atoms with Gasteiger partial charge in [0.05, 0.1) is 11.2 Å². The van der Waals surface area contributed by atoms with E-state index in [1.807, 2.05) is 29.8 Å². The number of H-pyrrole nitrogens is 1. The van der Waals surface area contributed by atoms with Gasteiger partial charge in [-0.05, 0) is 61.5 Å². The number of fused-ring (bicyclic) bond motifs is 1. The number of nitrogens with one attached hydrogen (secondary N) is 1. The molecule has 5 heteroatoms. The molecule has 0 bridgehead atoms. The molecule has 0 aliphatic heterocycles. The number of hydrogen-bond donors (Lipinski definition) is 1. The minimum Gasteiger partial charge on any atom is -0.329 e. The molecule has 0 amide bonds. The summed E-state index contributed by atoms with van der Waals surface area (Å²) < 4.78 is 3.71. The highest BCUT2D eigenvalue weighted by atomic mass is 79.9. The topological polar surface area (TPSA) is 33.6 Å². The molecule has 1 aromatic carbocycles. The highest BCUT2D eigenvalue weighted by Gasteiger charge is 2.08. The van der Waals surface area contributed by atoms with Crippen LogP contribution in [0.5, 0.6) is 0 Å². The molecule has 3 aromatic rings. The van der Waals surface area contributed by atoms with Crippen molar-refractivity contribution in [3.05, 3.63) is 50.8 Å². The van der Waals surface area contributed by atoms with Gasteiger partial charge in [-0.2, -0.15) is 0 Å². The first kappa shape index (κ1) is 12.6. The van der Waals surface area contributed by atoms with Crippen molar-refractivity contribution in [2.24, 2.45) is 0 Å². The Labute approximate surface area is 124 Å². The van der Waals surface area contributed by atoms with Gasteiger partial charge in [0.25, 0.3) is 0 Å². The summed E-state index contributed by atoms with van der Waals surface area (Å²) in [5.74, 6) is 0. The molecule has 0 aliphatic carbocycles. The summed E-state index contributed by atoms with van der Waals surface area (Å²) in [6.07, 6.45) is 1.85. The summed E-state index contributed by atoms with van der Waals surface area (Å²) in [6.45, 7) is 4.08. The molecule has 19 heavy (non-hydrogen) atoms. The molecule has 3 rings (SSSR count). The van der Waals surface area contributed by atoms with Crippen LogP contribution in [0.3, 0.4) is 0 Å². The number of pyridine rings is 1. The van der Waals surface area contributed by atoms with Gasteiger partial charge in [-0.1, -0.05) is 15.9 Å². The number of nitrogens with zero attached hydrogens (tertiary/aromatic N) is 2. The SMILES string of the molecule is Cc1cnc2c(c1)[nH]c(=S)n2-c1ccc(Br)c(C)c1. The molecule has 0 unspecified atom stereocenters. The number of imidazole rings is 1. The summed E-state index contributed by atoms with van der Waals surface area (Å²) in [5.41, 5.74) is 5.12. The normalized spacial score (nSPS) is 11.1. The van der Waals surface area contributed by atoms with E-state index in [4.69, 9.17) is 12.2 Å². The lowest BCUT2D eigenvalue weighted by atomic mass is 10.2. The maximum Gasteiger partial charge on any atom is 0.183 e. The molecule has 0 saturated heterocycles. The Morgan fingerprint density at radius 2 is 2.05 bits per heavy atom. The molecule has 2 heterocycles. The van der Waals surface area contributed by atoms with Gasteiger partial charge in [-0.25, -0.2) is 4.98 Å². The van der Waals surface area contributed by atoms with E-state index in [0.717, 1.165) is 26.9 Å². The van der Waals surface area contributed by atoms with E-state index in [9.17, 15) is 0 Å². The van der Waals surface area contributed by atoms with Crippen molar-refractivity contribution >= 4 is 39.3 Å². The Kier molecular flexibility index (Phi) is 3.03. The smallest absolute Gasteiger partial charge is 0.183 e. The average molecular weight is 334 g/mol. The monoisotopic (exact) mass is 333 g/mol. The van der Waals surface area contributed by atoms with Crippen LogP contribution in [-0.4, -0.2) is 14.5 Å². The van der Waals surface area contributed by atoms with Crippen LogP contribution in [-0.2, 0) is 0 Å². The summed E-state index contributed by atoms with van der Waals surface area (Å²) in [4.78, 5) is 7.69. The first-order valence-electron chi connectivity index (χ1n) is 5.90. The lowest BCUT2D eigenvalue weighted by Crippen LogP contribution is -1.96. The van der Waals surface area contributed by atoms with Crippen molar-refractivity contribution in [1.29, 1.82) is 0 Å². The van der Waals surface area contributed by atoms with Crippen molar-refractivity contribution in [3.63, 3.8) is 0 Å². The van der Waals surface area contributed by atoms with E-state index >= 15 is 0 Å². The van der Waals surface area contributed by atoms with Gasteiger partial charge < -0.3 is 4.98 Å². The Bertz CT molecular complexity index is 832. The fourth-order valence-corrected chi connectivity index (χ4v) is 2.66. The number of aromatic nitrogens is 3. The standard InChI is InChI=1S/C14H12BrN3S/c1-8-5-12-13(16-7-8)18(14(19)17-12)10-3-4-11(15)9(2)6-10/h3-7H,1-2H3,(H,17,19). The second-order valence-electron chi connectivity index (χ2n) is 4.58. The fraction of sp³-hybridized carbons (Fsp3) is 0.143. The molecule has 0 fully saturated rings. The maximum absolute atomic E-state index is 5.41. The molecule has 2 aromatic heterocycles. The molecular weight excluding hydrogens is 322 g/mol. The van der Waals surface area contributed by atoms with Crippen LogP contribution in [0.1, 0.15) is 11.1 Å². The Balaban J connectivity index is 2.32. The number of aromatic amines is 1. The van der Waals surface area contributed by atoms with Crippen molar-refractivity contribution in [3.8, 4) is 5.69 Å². The minimum atomic E-state index is 0.662. The third-order valence-corrected chi connectivity index (χ3v) is 4.23. The second-order valence-corrected chi connectivity index (χ2v) is 5.82. The van der Waals surface area contributed by atoms with E-state index in [1.54, 1.807) is 0 Å². The molecule has 0 spiro atoms. The van der Waals surface area contributed by atoms with Crippen LogP contribution in [0, 0.1) is 18.6 Å². The molecule has 0 aliphatic rings. The lowest BCUT2D eigenvalue weighted by Gasteiger charge is -2.06. The number of hydrogen-bond acceptors (Lipinski definition) is 2. The minimum absolute atomic E-state index is 0.662. The van der Waals surface area contributed by atoms with Gasteiger partial charge in [-0.3, -0.25) is 4.57 Å². The third kappa shape index (κ3) is 2.13. The highest BCUT2D eigenvalue weighted by Crippen LogP contribution is 2.23. The third-order valence-electron chi connectivity index (χ3n) is 3.06. The van der Waals surface area contributed by atoms with Gasteiger partial charge in [0.1, 0.15) is 0 Å². The zero-order chi connectivity index (χ0) is 13.6. The number of rotatable bonds is 1.